The van der Waals surface area contributed by atoms with E-state index in [9.17, 15) is 0 Å². The molecule has 0 amide bonds. The van der Waals surface area contributed by atoms with Gasteiger partial charge in [0.2, 0.25) is 0 Å². The molecular weight excluding hydrogens is 609 g/mol. The molecule has 0 saturated heterocycles. The Balaban J connectivity index is 1.24. The molecule has 6 aromatic carbocycles. The third-order valence-corrected chi connectivity index (χ3v) is 11.5. The van der Waals surface area contributed by atoms with Crippen molar-refractivity contribution in [2.45, 2.75) is 37.5 Å². The SMILES string of the molecule is c1ccc(-c2nc(-n3c4ccccc4c4ccccc43)cc(-n3c4ccccc4c4cc5c(cc43)C3(CCCCC3)c3ccccc3-5)n2)cc1. The Morgan fingerprint density at radius 1 is 0.420 bits per heavy atom. The molecule has 1 spiro atoms. The van der Waals surface area contributed by atoms with Gasteiger partial charge >= 0.3 is 0 Å². The van der Waals surface area contributed by atoms with Gasteiger partial charge in [-0.3, -0.25) is 9.13 Å². The van der Waals surface area contributed by atoms with Gasteiger partial charge < -0.3 is 0 Å². The van der Waals surface area contributed by atoms with E-state index in [1.54, 1.807) is 0 Å². The number of fused-ring (bicyclic) bond motifs is 11. The molecule has 1 saturated carbocycles. The van der Waals surface area contributed by atoms with Crippen molar-refractivity contribution >= 4 is 43.6 Å². The van der Waals surface area contributed by atoms with Crippen LogP contribution in [0, 0.1) is 0 Å². The molecular formula is C46H34N4. The van der Waals surface area contributed by atoms with E-state index in [0.29, 0.717) is 5.82 Å². The van der Waals surface area contributed by atoms with Gasteiger partial charge in [0.15, 0.2) is 5.82 Å². The maximum absolute atomic E-state index is 5.39. The van der Waals surface area contributed by atoms with Gasteiger partial charge in [0, 0.05) is 38.6 Å². The summed E-state index contributed by atoms with van der Waals surface area (Å²) < 4.78 is 4.71. The zero-order chi connectivity index (χ0) is 32.8. The minimum atomic E-state index is 0.0641. The average Bonchev–Trinajstić information content (AvgIpc) is 3.79. The van der Waals surface area contributed by atoms with Gasteiger partial charge in [-0.15, -0.1) is 0 Å². The van der Waals surface area contributed by atoms with E-state index < -0.39 is 0 Å². The first kappa shape index (κ1) is 27.9. The maximum atomic E-state index is 5.39. The van der Waals surface area contributed by atoms with Gasteiger partial charge in [-0.25, -0.2) is 9.97 Å². The van der Waals surface area contributed by atoms with Crippen molar-refractivity contribution in [2.24, 2.45) is 0 Å². The Bertz CT molecular complexity index is 2740. The highest BCUT2D eigenvalue weighted by Crippen LogP contribution is 2.57. The number of hydrogen-bond acceptors (Lipinski definition) is 2. The van der Waals surface area contributed by atoms with E-state index in [1.165, 1.54) is 81.4 Å². The largest absolute Gasteiger partial charge is 0.294 e. The van der Waals surface area contributed by atoms with E-state index in [4.69, 9.17) is 9.97 Å². The highest BCUT2D eigenvalue weighted by Gasteiger charge is 2.44. The van der Waals surface area contributed by atoms with E-state index in [0.717, 1.165) is 33.7 Å². The lowest BCUT2D eigenvalue weighted by atomic mass is 9.68. The summed E-state index contributed by atoms with van der Waals surface area (Å²) in [7, 11) is 0. The van der Waals surface area contributed by atoms with Crippen molar-refractivity contribution in [3.63, 3.8) is 0 Å². The molecule has 3 heterocycles. The van der Waals surface area contributed by atoms with Crippen LogP contribution in [0.1, 0.15) is 43.2 Å². The quantitative estimate of drug-likeness (QED) is 0.192. The molecule has 3 aromatic heterocycles. The van der Waals surface area contributed by atoms with E-state index in [2.05, 4.69) is 149 Å². The lowest BCUT2D eigenvalue weighted by Crippen LogP contribution is -2.28. The van der Waals surface area contributed by atoms with E-state index in [1.807, 2.05) is 6.07 Å². The molecule has 11 rings (SSSR count). The minimum Gasteiger partial charge on any atom is -0.294 e. The Morgan fingerprint density at radius 2 is 0.960 bits per heavy atom. The first-order valence-electron chi connectivity index (χ1n) is 17.9. The lowest BCUT2D eigenvalue weighted by molar-refractivity contribution is 0.353. The third-order valence-electron chi connectivity index (χ3n) is 11.5. The summed E-state index contributed by atoms with van der Waals surface area (Å²) in [6.45, 7) is 0. The average molecular weight is 643 g/mol. The maximum Gasteiger partial charge on any atom is 0.163 e. The fourth-order valence-corrected chi connectivity index (χ4v) is 9.39. The molecule has 9 aromatic rings. The Morgan fingerprint density at radius 3 is 1.62 bits per heavy atom. The zero-order valence-corrected chi connectivity index (χ0v) is 27.7. The van der Waals surface area contributed by atoms with Crippen LogP contribution in [0.4, 0.5) is 0 Å². The van der Waals surface area contributed by atoms with Gasteiger partial charge in [0.1, 0.15) is 11.6 Å². The van der Waals surface area contributed by atoms with Gasteiger partial charge in [0.25, 0.3) is 0 Å². The van der Waals surface area contributed by atoms with Crippen LogP contribution in [0.25, 0.3) is 77.8 Å². The molecule has 2 aliphatic carbocycles. The summed E-state index contributed by atoms with van der Waals surface area (Å²) in [5, 5.41) is 4.94. The summed E-state index contributed by atoms with van der Waals surface area (Å²) >= 11 is 0. The highest BCUT2D eigenvalue weighted by molar-refractivity contribution is 6.12. The van der Waals surface area contributed by atoms with Crippen molar-refractivity contribution in [3.05, 3.63) is 157 Å². The summed E-state index contributed by atoms with van der Waals surface area (Å²) in [5.74, 6) is 2.44. The molecule has 4 heteroatoms. The lowest BCUT2D eigenvalue weighted by Gasteiger charge is -2.36. The minimum absolute atomic E-state index is 0.0641. The van der Waals surface area contributed by atoms with E-state index in [-0.39, 0.29) is 5.41 Å². The predicted octanol–water partition coefficient (Wildman–Crippen LogP) is 11.6. The van der Waals surface area contributed by atoms with Gasteiger partial charge in [-0.05, 0) is 65.4 Å². The molecule has 0 unspecified atom stereocenters. The fraction of sp³-hybridized carbons (Fsp3) is 0.130. The second-order valence-corrected chi connectivity index (χ2v) is 14.1. The molecule has 0 atom stereocenters. The Kier molecular flexibility index (Phi) is 5.86. The summed E-state index contributed by atoms with van der Waals surface area (Å²) in [4.78, 5) is 10.7. The van der Waals surface area contributed by atoms with Crippen molar-refractivity contribution in [3.8, 4) is 34.2 Å². The first-order valence-corrected chi connectivity index (χ1v) is 17.9. The summed E-state index contributed by atoms with van der Waals surface area (Å²) in [5.41, 5.74) is 11.5. The van der Waals surface area contributed by atoms with Gasteiger partial charge in [-0.2, -0.15) is 0 Å². The predicted molar refractivity (Wildman–Crippen MR) is 205 cm³/mol. The van der Waals surface area contributed by atoms with Crippen LogP contribution >= 0.6 is 0 Å². The fourth-order valence-electron chi connectivity index (χ4n) is 9.39. The molecule has 0 aliphatic heterocycles. The van der Waals surface area contributed by atoms with Crippen LogP contribution < -0.4 is 0 Å². The van der Waals surface area contributed by atoms with Crippen molar-refractivity contribution in [1.82, 2.24) is 19.1 Å². The number of benzene rings is 6. The Labute approximate surface area is 290 Å². The molecule has 0 N–H and O–H groups in total. The molecule has 50 heavy (non-hydrogen) atoms. The van der Waals surface area contributed by atoms with Crippen LogP contribution in [-0.4, -0.2) is 19.1 Å². The molecule has 4 nitrogen and oxygen atoms in total. The zero-order valence-electron chi connectivity index (χ0n) is 27.7. The van der Waals surface area contributed by atoms with Gasteiger partial charge in [0.05, 0.1) is 22.1 Å². The van der Waals surface area contributed by atoms with Crippen molar-refractivity contribution in [2.75, 3.05) is 0 Å². The number of nitrogens with zero attached hydrogens (tertiary/aromatic N) is 4. The molecule has 0 bridgehead atoms. The Hall–Kier alpha value is -6.00. The number of aromatic nitrogens is 4. The van der Waals surface area contributed by atoms with E-state index >= 15 is 0 Å². The number of para-hydroxylation sites is 3. The molecule has 238 valence electrons. The highest BCUT2D eigenvalue weighted by atomic mass is 15.1. The standard InChI is InChI=1S/C46H34N4/c1-3-15-30(16-4-1)45-47-43(49-39-22-10-6-18-32(39)33-19-7-11-23-40(33)49)29-44(48-45)50-41-24-12-8-20-34(41)36-27-35-31-17-5-9-21-37(31)46(25-13-2-14-26-46)38(35)28-42(36)50/h1,3-12,15-24,27-29H,2,13-14,25-26H2. The molecule has 2 aliphatic rings. The molecule has 1 fully saturated rings. The first-order chi connectivity index (χ1) is 24.8. The van der Waals surface area contributed by atoms with Gasteiger partial charge in [-0.1, -0.05) is 128 Å². The monoisotopic (exact) mass is 642 g/mol. The van der Waals surface area contributed by atoms with Crippen LogP contribution in [0.3, 0.4) is 0 Å². The van der Waals surface area contributed by atoms with Crippen molar-refractivity contribution in [1.29, 1.82) is 0 Å². The summed E-state index contributed by atoms with van der Waals surface area (Å²) in [6, 6.07) is 52.9. The summed E-state index contributed by atoms with van der Waals surface area (Å²) in [6.07, 6.45) is 6.25. The number of rotatable bonds is 3. The van der Waals surface area contributed by atoms with Crippen LogP contribution in [0.5, 0.6) is 0 Å². The van der Waals surface area contributed by atoms with Crippen LogP contribution in [0.2, 0.25) is 0 Å². The van der Waals surface area contributed by atoms with Crippen LogP contribution in [0.15, 0.2) is 146 Å². The normalized spacial score (nSPS) is 15.0. The second kappa shape index (κ2) is 10.5. The third kappa shape index (κ3) is 3.82. The smallest absolute Gasteiger partial charge is 0.163 e. The number of hydrogen-bond donors (Lipinski definition) is 0. The topological polar surface area (TPSA) is 35.6 Å². The van der Waals surface area contributed by atoms with Crippen LogP contribution in [-0.2, 0) is 5.41 Å². The molecule has 0 radical (unpaired) electrons. The van der Waals surface area contributed by atoms with Crippen molar-refractivity contribution < 1.29 is 0 Å². The second-order valence-electron chi connectivity index (χ2n) is 14.1.